The van der Waals surface area contributed by atoms with E-state index in [0.29, 0.717) is 35.8 Å². The van der Waals surface area contributed by atoms with Gasteiger partial charge in [-0.1, -0.05) is 6.07 Å². The van der Waals surface area contributed by atoms with Gasteiger partial charge in [-0.15, -0.1) is 0 Å². The zero-order valence-electron chi connectivity index (χ0n) is 18.6. The summed E-state index contributed by atoms with van der Waals surface area (Å²) in [5, 5.41) is 8.33. The van der Waals surface area contributed by atoms with Crippen LogP contribution in [0.2, 0.25) is 0 Å². The summed E-state index contributed by atoms with van der Waals surface area (Å²) in [6.07, 6.45) is 1.15. The summed E-state index contributed by atoms with van der Waals surface area (Å²) in [6, 6.07) is 12.0. The minimum atomic E-state index is -0.750. The molecule has 3 rings (SSSR count). The van der Waals surface area contributed by atoms with Crippen molar-refractivity contribution in [1.29, 1.82) is 0 Å². The SMILES string of the molecule is COc1cc(C)ccc1OC(C)C(=O)Nc1ccc(C(=O)NCCNC(=O)C2CC2)cc1. The number of rotatable bonds is 10. The molecule has 0 saturated heterocycles. The van der Waals surface area contributed by atoms with Crippen molar-refractivity contribution in [2.24, 2.45) is 5.92 Å². The van der Waals surface area contributed by atoms with E-state index >= 15 is 0 Å². The number of anilines is 1. The first-order chi connectivity index (χ1) is 15.4. The van der Waals surface area contributed by atoms with Gasteiger partial charge in [0.2, 0.25) is 5.91 Å². The fourth-order valence-electron chi connectivity index (χ4n) is 3.02. The number of benzene rings is 2. The molecule has 0 radical (unpaired) electrons. The van der Waals surface area contributed by atoms with Crippen molar-refractivity contribution < 1.29 is 23.9 Å². The average molecular weight is 440 g/mol. The van der Waals surface area contributed by atoms with Crippen LogP contribution in [0.3, 0.4) is 0 Å². The molecule has 2 aromatic carbocycles. The second-order valence-corrected chi connectivity index (χ2v) is 7.80. The van der Waals surface area contributed by atoms with E-state index in [4.69, 9.17) is 9.47 Å². The number of hydrogen-bond donors (Lipinski definition) is 3. The fourth-order valence-corrected chi connectivity index (χ4v) is 3.02. The fraction of sp³-hybridized carbons (Fsp3) is 0.375. The van der Waals surface area contributed by atoms with E-state index < -0.39 is 6.10 Å². The van der Waals surface area contributed by atoms with E-state index in [2.05, 4.69) is 16.0 Å². The molecule has 1 atom stereocenters. The summed E-state index contributed by atoms with van der Waals surface area (Å²) in [6.45, 7) is 4.35. The molecule has 1 saturated carbocycles. The van der Waals surface area contributed by atoms with Crippen LogP contribution in [0.4, 0.5) is 5.69 Å². The van der Waals surface area contributed by atoms with Gasteiger partial charge in [0.15, 0.2) is 17.6 Å². The number of carbonyl (C=O) groups excluding carboxylic acids is 3. The number of ether oxygens (including phenoxy) is 2. The second kappa shape index (κ2) is 10.7. The molecule has 8 heteroatoms. The lowest BCUT2D eigenvalue weighted by Crippen LogP contribution is -2.35. The van der Waals surface area contributed by atoms with Crippen LogP contribution in [0.25, 0.3) is 0 Å². The minimum Gasteiger partial charge on any atom is -0.493 e. The summed E-state index contributed by atoms with van der Waals surface area (Å²) in [4.78, 5) is 36.3. The van der Waals surface area contributed by atoms with E-state index in [1.807, 2.05) is 19.1 Å². The van der Waals surface area contributed by atoms with Gasteiger partial charge >= 0.3 is 0 Å². The van der Waals surface area contributed by atoms with Crippen LogP contribution in [0.1, 0.15) is 35.7 Å². The Morgan fingerprint density at radius 3 is 2.34 bits per heavy atom. The Bertz CT molecular complexity index is 970. The van der Waals surface area contributed by atoms with Gasteiger partial charge in [0.05, 0.1) is 7.11 Å². The van der Waals surface area contributed by atoms with Crippen LogP contribution in [-0.4, -0.2) is 44.0 Å². The van der Waals surface area contributed by atoms with Gasteiger partial charge in [0.25, 0.3) is 11.8 Å². The molecule has 1 unspecified atom stereocenters. The Balaban J connectivity index is 1.46. The molecule has 32 heavy (non-hydrogen) atoms. The molecule has 0 heterocycles. The summed E-state index contributed by atoms with van der Waals surface area (Å²) in [5.74, 6) is 0.690. The maximum atomic E-state index is 12.5. The predicted octanol–water partition coefficient (Wildman–Crippen LogP) is 2.67. The third-order valence-corrected chi connectivity index (χ3v) is 5.06. The normalized spacial score (nSPS) is 13.6. The molecule has 2 aromatic rings. The van der Waals surface area contributed by atoms with E-state index in [-0.39, 0.29) is 23.6 Å². The predicted molar refractivity (Wildman–Crippen MR) is 121 cm³/mol. The third kappa shape index (κ3) is 6.47. The van der Waals surface area contributed by atoms with E-state index in [1.54, 1.807) is 44.4 Å². The lowest BCUT2D eigenvalue weighted by Gasteiger charge is -2.17. The van der Waals surface area contributed by atoms with Crippen molar-refractivity contribution in [1.82, 2.24) is 10.6 Å². The lowest BCUT2D eigenvalue weighted by molar-refractivity contribution is -0.122. The topological polar surface area (TPSA) is 106 Å². The Hall–Kier alpha value is -3.55. The maximum absolute atomic E-state index is 12.5. The molecule has 3 amide bonds. The molecule has 0 aliphatic heterocycles. The quantitative estimate of drug-likeness (QED) is 0.494. The van der Waals surface area contributed by atoms with Crippen molar-refractivity contribution in [2.75, 3.05) is 25.5 Å². The van der Waals surface area contributed by atoms with Crippen LogP contribution in [-0.2, 0) is 9.59 Å². The van der Waals surface area contributed by atoms with Crippen molar-refractivity contribution in [3.05, 3.63) is 53.6 Å². The molecule has 170 valence electrons. The van der Waals surface area contributed by atoms with Gasteiger partial charge in [-0.2, -0.15) is 0 Å². The Kier molecular flexibility index (Phi) is 7.70. The number of hydrogen-bond acceptors (Lipinski definition) is 5. The summed E-state index contributed by atoms with van der Waals surface area (Å²) in [5.41, 5.74) is 2.04. The Morgan fingerprint density at radius 1 is 1.00 bits per heavy atom. The largest absolute Gasteiger partial charge is 0.493 e. The Labute approximate surface area is 187 Å². The molecule has 0 aromatic heterocycles. The van der Waals surface area contributed by atoms with E-state index in [9.17, 15) is 14.4 Å². The first kappa shape index (κ1) is 23.1. The zero-order valence-corrected chi connectivity index (χ0v) is 18.6. The first-order valence-electron chi connectivity index (χ1n) is 10.7. The highest BCUT2D eigenvalue weighted by atomic mass is 16.5. The number of methoxy groups -OCH3 is 1. The van der Waals surface area contributed by atoms with Gasteiger partial charge in [0, 0.05) is 30.3 Å². The molecular weight excluding hydrogens is 410 g/mol. The van der Waals surface area contributed by atoms with Gasteiger partial charge in [-0.3, -0.25) is 14.4 Å². The van der Waals surface area contributed by atoms with Crippen LogP contribution in [0.5, 0.6) is 11.5 Å². The highest BCUT2D eigenvalue weighted by molar-refractivity contribution is 5.96. The monoisotopic (exact) mass is 439 g/mol. The zero-order chi connectivity index (χ0) is 23.1. The smallest absolute Gasteiger partial charge is 0.265 e. The number of nitrogens with one attached hydrogen (secondary N) is 3. The number of aryl methyl sites for hydroxylation is 1. The van der Waals surface area contributed by atoms with Crippen LogP contribution in [0, 0.1) is 12.8 Å². The maximum Gasteiger partial charge on any atom is 0.265 e. The molecule has 1 fully saturated rings. The molecule has 3 N–H and O–H groups in total. The van der Waals surface area contributed by atoms with Gasteiger partial charge < -0.3 is 25.4 Å². The molecule has 0 spiro atoms. The molecule has 1 aliphatic carbocycles. The van der Waals surface area contributed by atoms with Crippen molar-refractivity contribution >= 4 is 23.4 Å². The molecule has 0 bridgehead atoms. The van der Waals surface area contributed by atoms with Gasteiger partial charge in [-0.05, 0) is 68.7 Å². The Morgan fingerprint density at radius 2 is 1.69 bits per heavy atom. The molecule has 1 aliphatic rings. The van der Waals surface area contributed by atoms with Gasteiger partial charge in [0.1, 0.15) is 0 Å². The highest BCUT2D eigenvalue weighted by Gasteiger charge is 2.29. The summed E-state index contributed by atoms with van der Waals surface area (Å²) < 4.78 is 11.1. The number of amides is 3. The standard InChI is InChI=1S/C24H29N3O5/c1-15-4-11-20(21(14-15)31-3)32-16(2)22(28)27-19-9-7-18(8-10-19)24(30)26-13-12-25-23(29)17-5-6-17/h4,7-11,14,16-17H,5-6,12-13H2,1-3H3,(H,25,29)(H,26,30)(H,27,28). The highest BCUT2D eigenvalue weighted by Crippen LogP contribution is 2.29. The summed E-state index contributed by atoms with van der Waals surface area (Å²) >= 11 is 0. The van der Waals surface area contributed by atoms with Crippen LogP contribution in [0.15, 0.2) is 42.5 Å². The van der Waals surface area contributed by atoms with Crippen molar-refractivity contribution in [2.45, 2.75) is 32.8 Å². The molecular formula is C24H29N3O5. The third-order valence-electron chi connectivity index (χ3n) is 5.06. The van der Waals surface area contributed by atoms with Gasteiger partial charge in [-0.25, -0.2) is 0 Å². The van der Waals surface area contributed by atoms with E-state index in [1.165, 1.54) is 0 Å². The minimum absolute atomic E-state index is 0.0540. The lowest BCUT2D eigenvalue weighted by atomic mass is 10.2. The molecule has 8 nitrogen and oxygen atoms in total. The van der Waals surface area contributed by atoms with Crippen molar-refractivity contribution in [3.63, 3.8) is 0 Å². The van der Waals surface area contributed by atoms with Crippen LogP contribution < -0.4 is 25.4 Å². The van der Waals surface area contributed by atoms with E-state index in [0.717, 1.165) is 18.4 Å². The second-order valence-electron chi connectivity index (χ2n) is 7.80. The van der Waals surface area contributed by atoms with Crippen molar-refractivity contribution in [3.8, 4) is 11.5 Å². The average Bonchev–Trinajstić information content (AvgIpc) is 3.63. The van der Waals surface area contributed by atoms with Crippen LogP contribution >= 0.6 is 0 Å². The number of carbonyl (C=O) groups is 3. The summed E-state index contributed by atoms with van der Waals surface area (Å²) in [7, 11) is 1.55. The first-order valence-corrected chi connectivity index (χ1v) is 10.7.